The first-order chi connectivity index (χ1) is 10.8. The van der Waals surface area contributed by atoms with Crippen LogP contribution >= 0.6 is 28.1 Å². The van der Waals surface area contributed by atoms with Crippen molar-refractivity contribution in [2.45, 2.75) is 6.18 Å². The maximum atomic E-state index is 12.6. The van der Waals surface area contributed by atoms with Gasteiger partial charge < -0.3 is 5.32 Å². The van der Waals surface area contributed by atoms with Gasteiger partial charge in [0.05, 0.1) is 11.1 Å². The Morgan fingerprint density at radius 1 is 1.09 bits per heavy atom. The lowest BCUT2D eigenvalue weighted by Gasteiger charge is -2.12. The number of amides is 1. The summed E-state index contributed by atoms with van der Waals surface area (Å²) in [7, 11) is 0. The zero-order chi connectivity index (χ0) is 17.0. The summed E-state index contributed by atoms with van der Waals surface area (Å²) >= 11 is 8.19. The lowest BCUT2D eigenvalue weighted by molar-refractivity contribution is -0.137. The molecule has 0 radical (unpaired) electrons. The molecule has 1 amide bonds. The molecule has 0 saturated heterocycles. The van der Waals surface area contributed by atoms with Crippen LogP contribution in [-0.4, -0.2) is 11.0 Å². The van der Waals surface area contributed by atoms with Gasteiger partial charge in [0.25, 0.3) is 5.91 Å². The summed E-state index contributed by atoms with van der Waals surface area (Å²) in [6, 6.07) is 11.3. The zero-order valence-electron chi connectivity index (χ0n) is 11.4. The lowest BCUT2D eigenvalue weighted by Crippen LogP contribution is -2.34. The second kappa shape index (κ2) is 7.10. The molecule has 0 aliphatic rings. The molecular weight excluding hydrogens is 393 g/mol. The molecule has 0 aliphatic carbocycles. The van der Waals surface area contributed by atoms with Crippen molar-refractivity contribution in [2.24, 2.45) is 0 Å². The standard InChI is InChI=1S/C15H10BrF3N2OS/c16-12-7-2-1-6-11(12)13(22)21-14(23)20-10-5-3-4-9(8-10)15(17,18)19/h1-8H,(H2,20,21,22,23). The number of benzene rings is 2. The van der Waals surface area contributed by atoms with E-state index in [4.69, 9.17) is 12.2 Å². The van der Waals surface area contributed by atoms with E-state index in [1.54, 1.807) is 24.3 Å². The number of carbonyl (C=O) groups excluding carboxylic acids is 1. The minimum atomic E-state index is -4.45. The molecule has 8 heteroatoms. The van der Waals surface area contributed by atoms with E-state index in [0.717, 1.165) is 12.1 Å². The van der Waals surface area contributed by atoms with Gasteiger partial charge in [0.2, 0.25) is 0 Å². The van der Waals surface area contributed by atoms with Crippen LogP contribution < -0.4 is 10.6 Å². The Morgan fingerprint density at radius 3 is 2.43 bits per heavy atom. The van der Waals surface area contributed by atoms with Crippen LogP contribution in [0.3, 0.4) is 0 Å². The van der Waals surface area contributed by atoms with Gasteiger partial charge in [0.15, 0.2) is 5.11 Å². The summed E-state index contributed by atoms with van der Waals surface area (Å²) in [4.78, 5) is 12.0. The number of carbonyl (C=O) groups is 1. The van der Waals surface area contributed by atoms with Gasteiger partial charge in [-0.15, -0.1) is 0 Å². The molecule has 2 aromatic rings. The molecule has 0 saturated carbocycles. The van der Waals surface area contributed by atoms with Gasteiger partial charge in [-0.25, -0.2) is 0 Å². The molecule has 120 valence electrons. The SMILES string of the molecule is O=C(NC(=S)Nc1cccc(C(F)(F)F)c1)c1ccccc1Br. The van der Waals surface area contributed by atoms with Crippen LogP contribution in [0, 0.1) is 0 Å². The minimum Gasteiger partial charge on any atom is -0.332 e. The van der Waals surface area contributed by atoms with E-state index in [0.29, 0.717) is 10.0 Å². The minimum absolute atomic E-state index is 0.0925. The Bertz CT molecular complexity index is 749. The number of halogens is 4. The Morgan fingerprint density at radius 2 is 1.78 bits per heavy atom. The van der Waals surface area contributed by atoms with Crippen molar-refractivity contribution in [1.29, 1.82) is 0 Å². The topological polar surface area (TPSA) is 41.1 Å². The first-order valence-electron chi connectivity index (χ1n) is 6.31. The second-order valence-corrected chi connectivity index (χ2v) is 5.73. The molecule has 0 bridgehead atoms. The fourth-order valence-corrected chi connectivity index (χ4v) is 2.43. The molecule has 0 heterocycles. The monoisotopic (exact) mass is 402 g/mol. The van der Waals surface area contributed by atoms with E-state index >= 15 is 0 Å². The van der Waals surface area contributed by atoms with Gasteiger partial charge >= 0.3 is 6.18 Å². The van der Waals surface area contributed by atoms with Gasteiger partial charge in [0.1, 0.15) is 0 Å². The van der Waals surface area contributed by atoms with Gasteiger partial charge in [-0.3, -0.25) is 10.1 Å². The van der Waals surface area contributed by atoms with Crippen LogP contribution in [0.4, 0.5) is 18.9 Å². The predicted octanol–water partition coefficient (Wildman–Crippen LogP) is 4.59. The molecule has 0 fully saturated rings. The fraction of sp³-hybridized carbons (Fsp3) is 0.0667. The molecule has 0 spiro atoms. The van der Waals surface area contributed by atoms with Crippen molar-refractivity contribution in [1.82, 2.24) is 5.32 Å². The molecule has 2 rings (SSSR count). The molecule has 23 heavy (non-hydrogen) atoms. The summed E-state index contributed by atoms with van der Waals surface area (Å²) in [6.07, 6.45) is -4.45. The summed E-state index contributed by atoms with van der Waals surface area (Å²) in [5.74, 6) is -0.470. The third kappa shape index (κ3) is 4.77. The van der Waals surface area contributed by atoms with Crippen molar-refractivity contribution < 1.29 is 18.0 Å². The lowest BCUT2D eigenvalue weighted by atomic mass is 10.2. The van der Waals surface area contributed by atoms with Crippen molar-refractivity contribution >= 4 is 44.9 Å². The van der Waals surface area contributed by atoms with Crippen LogP contribution in [-0.2, 0) is 6.18 Å². The highest BCUT2D eigenvalue weighted by atomic mass is 79.9. The first-order valence-corrected chi connectivity index (χ1v) is 7.51. The highest BCUT2D eigenvalue weighted by Gasteiger charge is 2.30. The fourth-order valence-electron chi connectivity index (χ4n) is 1.75. The van der Waals surface area contributed by atoms with E-state index in [1.165, 1.54) is 12.1 Å². The van der Waals surface area contributed by atoms with Crippen molar-refractivity contribution in [3.05, 3.63) is 64.1 Å². The van der Waals surface area contributed by atoms with Crippen LogP contribution in [0.5, 0.6) is 0 Å². The first kappa shape index (κ1) is 17.4. The molecular formula is C15H10BrF3N2OS. The molecule has 0 unspecified atom stereocenters. The highest BCUT2D eigenvalue weighted by Crippen LogP contribution is 2.30. The van der Waals surface area contributed by atoms with Crippen molar-refractivity contribution in [2.75, 3.05) is 5.32 Å². The summed E-state index contributed by atoms with van der Waals surface area (Å²) in [5.41, 5.74) is -0.305. The predicted molar refractivity (Wildman–Crippen MR) is 89.3 cm³/mol. The normalized spacial score (nSPS) is 11.0. The van der Waals surface area contributed by atoms with Gasteiger partial charge in [-0.05, 0) is 58.5 Å². The number of anilines is 1. The van der Waals surface area contributed by atoms with Gasteiger partial charge in [0, 0.05) is 10.2 Å². The molecule has 3 nitrogen and oxygen atoms in total. The second-order valence-electron chi connectivity index (χ2n) is 4.47. The quantitative estimate of drug-likeness (QED) is 0.721. The summed E-state index contributed by atoms with van der Waals surface area (Å²) in [6.45, 7) is 0. The maximum absolute atomic E-state index is 12.6. The van der Waals surface area contributed by atoms with Crippen molar-refractivity contribution in [3.8, 4) is 0 Å². The summed E-state index contributed by atoms with van der Waals surface area (Å²) < 4.78 is 38.5. The number of rotatable bonds is 2. The number of hydrogen-bond acceptors (Lipinski definition) is 2. The number of hydrogen-bond donors (Lipinski definition) is 2. The number of nitrogens with one attached hydrogen (secondary N) is 2. The largest absolute Gasteiger partial charge is 0.416 e. The summed E-state index contributed by atoms with van der Waals surface area (Å²) in [5, 5.41) is 4.88. The molecule has 0 aromatic heterocycles. The average molecular weight is 403 g/mol. The van der Waals surface area contributed by atoms with Crippen LogP contribution in [0.15, 0.2) is 53.0 Å². The third-order valence-electron chi connectivity index (χ3n) is 2.79. The number of thiocarbonyl (C=S) groups is 1. The van der Waals surface area contributed by atoms with Crippen LogP contribution in [0.2, 0.25) is 0 Å². The van der Waals surface area contributed by atoms with Gasteiger partial charge in [-0.1, -0.05) is 18.2 Å². The Kier molecular flexibility index (Phi) is 5.38. The Hall–Kier alpha value is -1.93. The zero-order valence-corrected chi connectivity index (χ0v) is 13.8. The van der Waals surface area contributed by atoms with Gasteiger partial charge in [-0.2, -0.15) is 13.2 Å². The molecule has 0 aliphatic heterocycles. The van der Waals surface area contributed by atoms with Crippen molar-refractivity contribution in [3.63, 3.8) is 0 Å². The smallest absolute Gasteiger partial charge is 0.332 e. The Balaban J connectivity index is 2.06. The molecule has 2 aromatic carbocycles. The van der Waals surface area contributed by atoms with E-state index < -0.39 is 17.6 Å². The molecule has 2 N–H and O–H groups in total. The van der Waals surface area contributed by atoms with Crippen LogP contribution in [0.1, 0.15) is 15.9 Å². The average Bonchev–Trinajstić information content (AvgIpc) is 2.46. The number of alkyl halides is 3. The van der Waals surface area contributed by atoms with Crippen LogP contribution in [0.25, 0.3) is 0 Å². The molecule has 0 atom stereocenters. The third-order valence-corrected chi connectivity index (χ3v) is 3.69. The maximum Gasteiger partial charge on any atom is 0.416 e. The highest BCUT2D eigenvalue weighted by molar-refractivity contribution is 9.10. The van der Waals surface area contributed by atoms with E-state index in [2.05, 4.69) is 26.6 Å². The van der Waals surface area contributed by atoms with E-state index in [1.807, 2.05) is 0 Å². The van der Waals surface area contributed by atoms with E-state index in [9.17, 15) is 18.0 Å². The van der Waals surface area contributed by atoms with E-state index in [-0.39, 0.29) is 10.8 Å². The Labute approximate surface area is 144 Å².